The van der Waals surface area contributed by atoms with E-state index in [4.69, 9.17) is 5.26 Å². The number of aryl methyl sites for hydroxylation is 1. The highest BCUT2D eigenvalue weighted by atomic mass is 32.2. The number of unbranched alkanes of at least 4 members (excludes halogenated alkanes) is 1. The van der Waals surface area contributed by atoms with Crippen LogP contribution in [0.25, 0.3) is 0 Å². The van der Waals surface area contributed by atoms with Gasteiger partial charge in [-0.25, -0.2) is 13.1 Å². The van der Waals surface area contributed by atoms with E-state index in [1.165, 1.54) is 0 Å². The Morgan fingerprint density at radius 3 is 2.55 bits per heavy atom. The van der Waals surface area contributed by atoms with E-state index in [1.807, 2.05) is 12.3 Å². The third-order valence-electron chi connectivity index (χ3n) is 2.91. The standard InChI is InChI=1S/C14H20N2O2S2/c1-3-4-5-13(10-19-11-15)16-20(17,18)14-8-6-12(2)7-9-14/h6-9,13,16H,3-5,10H2,1-2H3. The summed E-state index contributed by atoms with van der Waals surface area (Å²) in [4.78, 5) is 0.270. The van der Waals surface area contributed by atoms with Crippen molar-refractivity contribution >= 4 is 21.8 Å². The maximum atomic E-state index is 12.3. The predicted molar refractivity (Wildman–Crippen MR) is 82.9 cm³/mol. The Morgan fingerprint density at radius 1 is 1.35 bits per heavy atom. The Bertz CT molecular complexity index is 548. The second kappa shape index (κ2) is 8.30. The monoisotopic (exact) mass is 312 g/mol. The molecule has 0 saturated carbocycles. The molecular weight excluding hydrogens is 292 g/mol. The van der Waals surface area contributed by atoms with Crippen LogP contribution in [-0.2, 0) is 10.0 Å². The van der Waals surface area contributed by atoms with Gasteiger partial charge in [0.25, 0.3) is 0 Å². The number of nitriles is 1. The molecule has 4 nitrogen and oxygen atoms in total. The molecule has 1 rings (SSSR count). The molecule has 6 heteroatoms. The lowest BCUT2D eigenvalue weighted by atomic mass is 10.2. The fraction of sp³-hybridized carbons (Fsp3) is 0.500. The van der Waals surface area contributed by atoms with Crippen molar-refractivity contribution in [1.82, 2.24) is 4.72 Å². The van der Waals surface area contributed by atoms with Crippen LogP contribution in [0.4, 0.5) is 0 Å². The van der Waals surface area contributed by atoms with Crippen LogP contribution in [0.3, 0.4) is 0 Å². The van der Waals surface area contributed by atoms with Gasteiger partial charge in [-0.1, -0.05) is 37.5 Å². The Morgan fingerprint density at radius 2 is 2.00 bits per heavy atom. The molecule has 1 N–H and O–H groups in total. The van der Waals surface area contributed by atoms with Crippen LogP contribution >= 0.6 is 11.8 Å². The van der Waals surface area contributed by atoms with Crippen molar-refractivity contribution < 1.29 is 8.42 Å². The van der Waals surface area contributed by atoms with E-state index in [1.54, 1.807) is 24.3 Å². The van der Waals surface area contributed by atoms with Crippen molar-refractivity contribution in [2.75, 3.05) is 5.75 Å². The average molecular weight is 312 g/mol. The highest BCUT2D eigenvalue weighted by molar-refractivity contribution is 8.03. The lowest BCUT2D eigenvalue weighted by molar-refractivity contribution is 0.538. The zero-order chi connectivity index (χ0) is 15.0. The minimum Gasteiger partial charge on any atom is -0.207 e. The molecule has 20 heavy (non-hydrogen) atoms. The van der Waals surface area contributed by atoms with Gasteiger partial charge in [0, 0.05) is 11.8 Å². The largest absolute Gasteiger partial charge is 0.240 e. The quantitative estimate of drug-likeness (QED) is 0.749. The maximum Gasteiger partial charge on any atom is 0.240 e. The van der Waals surface area contributed by atoms with Gasteiger partial charge in [0.05, 0.1) is 4.90 Å². The number of hydrogen-bond donors (Lipinski definition) is 1. The summed E-state index contributed by atoms with van der Waals surface area (Å²) in [6.45, 7) is 3.97. The molecule has 0 heterocycles. The van der Waals surface area contributed by atoms with E-state index in [2.05, 4.69) is 11.6 Å². The number of nitrogens with zero attached hydrogens (tertiary/aromatic N) is 1. The summed E-state index contributed by atoms with van der Waals surface area (Å²) in [5, 5.41) is 10.6. The van der Waals surface area contributed by atoms with Crippen LogP contribution in [-0.4, -0.2) is 20.2 Å². The van der Waals surface area contributed by atoms with Crippen molar-refractivity contribution in [1.29, 1.82) is 5.26 Å². The lowest BCUT2D eigenvalue weighted by Gasteiger charge is -2.17. The number of nitrogens with one attached hydrogen (secondary N) is 1. The Labute approximate surface area is 125 Å². The summed E-state index contributed by atoms with van der Waals surface area (Å²) in [7, 11) is -3.51. The van der Waals surface area contributed by atoms with E-state index >= 15 is 0 Å². The average Bonchev–Trinajstić information content (AvgIpc) is 2.42. The number of hydrogen-bond acceptors (Lipinski definition) is 4. The first-order valence-corrected chi connectivity index (χ1v) is 9.06. The molecule has 0 amide bonds. The predicted octanol–water partition coefficient (Wildman–Crippen LogP) is 3.05. The molecule has 0 bridgehead atoms. The molecule has 0 aliphatic heterocycles. The Hall–Kier alpha value is -1.03. The molecule has 0 spiro atoms. The van der Waals surface area contributed by atoms with E-state index in [0.717, 1.165) is 36.6 Å². The van der Waals surface area contributed by atoms with E-state index in [9.17, 15) is 8.42 Å². The zero-order valence-corrected chi connectivity index (χ0v) is 13.4. The summed E-state index contributed by atoms with van der Waals surface area (Å²) < 4.78 is 27.3. The third kappa shape index (κ3) is 5.53. The molecule has 1 unspecified atom stereocenters. The third-order valence-corrected chi connectivity index (χ3v) is 5.14. The number of sulfonamides is 1. The van der Waals surface area contributed by atoms with Crippen LogP contribution < -0.4 is 4.72 Å². The highest BCUT2D eigenvalue weighted by Gasteiger charge is 2.19. The van der Waals surface area contributed by atoms with Gasteiger partial charge in [-0.15, -0.1) is 0 Å². The molecule has 0 saturated heterocycles. The minimum absolute atomic E-state index is 0.203. The van der Waals surface area contributed by atoms with Gasteiger partial charge < -0.3 is 0 Å². The van der Waals surface area contributed by atoms with Gasteiger partial charge in [-0.3, -0.25) is 0 Å². The Kier molecular flexibility index (Phi) is 7.06. The molecule has 1 aromatic rings. The first-order chi connectivity index (χ1) is 9.49. The van der Waals surface area contributed by atoms with Crippen LogP contribution in [0.1, 0.15) is 31.7 Å². The topological polar surface area (TPSA) is 70.0 Å². The summed E-state index contributed by atoms with van der Waals surface area (Å²) in [5.41, 5.74) is 1.02. The molecular formula is C14H20N2O2S2. The minimum atomic E-state index is -3.51. The Balaban J connectivity index is 2.79. The van der Waals surface area contributed by atoms with Crippen molar-refractivity contribution in [3.05, 3.63) is 29.8 Å². The van der Waals surface area contributed by atoms with E-state index in [0.29, 0.717) is 5.75 Å². The zero-order valence-electron chi connectivity index (χ0n) is 11.8. The molecule has 0 radical (unpaired) electrons. The molecule has 1 aromatic carbocycles. The van der Waals surface area contributed by atoms with Gasteiger partial charge >= 0.3 is 0 Å². The molecule has 0 aliphatic carbocycles. The van der Waals surface area contributed by atoms with E-state index in [-0.39, 0.29) is 10.9 Å². The van der Waals surface area contributed by atoms with Gasteiger partial charge in [0.1, 0.15) is 5.40 Å². The summed E-state index contributed by atoms with van der Waals surface area (Å²) in [6, 6.07) is 6.56. The second-order valence-corrected chi connectivity index (χ2v) is 7.19. The summed E-state index contributed by atoms with van der Waals surface area (Å²) >= 11 is 1.08. The molecule has 0 aromatic heterocycles. The number of benzene rings is 1. The van der Waals surface area contributed by atoms with Crippen molar-refractivity contribution in [2.45, 2.75) is 44.0 Å². The van der Waals surface area contributed by atoms with Crippen LogP contribution in [0.5, 0.6) is 0 Å². The normalized spacial score (nSPS) is 12.8. The first-order valence-electron chi connectivity index (χ1n) is 6.59. The van der Waals surface area contributed by atoms with Crippen LogP contribution in [0.2, 0.25) is 0 Å². The van der Waals surface area contributed by atoms with Gasteiger partial charge in [0.2, 0.25) is 10.0 Å². The number of thiocyanates is 1. The SMILES string of the molecule is CCCCC(CSC#N)NS(=O)(=O)c1ccc(C)cc1. The van der Waals surface area contributed by atoms with Crippen molar-refractivity contribution in [2.24, 2.45) is 0 Å². The maximum absolute atomic E-state index is 12.3. The second-order valence-electron chi connectivity index (χ2n) is 4.68. The number of rotatable bonds is 8. The van der Waals surface area contributed by atoms with Crippen molar-refractivity contribution in [3.63, 3.8) is 0 Å². The highest BCUT2D eigenvalue weighted by Crippen LogP contribution is 2.14. The summed E-state index contributed by atoms with van der Waals surface area (Å²) in [5.74, 6) is 0.474. The molecule has 0 aliphatic rings. The van der Waals surface area contributed by atoms with Gasteiger partial charge in [-0.2, -0.15) is 5.26 Å². The molecule has 1 atom stereocenters. The van der Waals surface area contributed by atoms with Crippen LogP contribution in [0.15, 0.2) is 29.2 Å². The first kappa shape index (κ1) is 17.0. The number of thioether (sulfide) groups is 1. The lowest BCUT2D eigenvalue weighted by Crippen LogP contribution is -2.36. The fourth-order valence-corrected chi connectivity index (χ4v) is 3.67. The van der Waals surface area contributed by atoms with E-state index < -0.39 is 10.0 Å². The molecule has 110 valence electrons. The molecule has 0 fully saturated rings. The fourth-order valence-electron chi connectivity index (χ4n) is 1.77. The van der Waals surface area contributed by atoms with Gasteiger partial charge in [-0.05, 0) is 37.2 Å². The summed E-state index contributed by atoms with van der Waals surface area (Å²) in [6.07, 6.45) is 2.68. The van der Waals surface area contributed by atoms with Crippen LogP contribution in [0, 0.1) is 17.6 Å². The smallest absolute Gasteiger partial charge is 0.207 e. The van der Waals surface area contributed by atoms with Crippen molar-refractivity contribution in [3.8, 4) is 5.40 Å². The van der Waals surface area contributed by atoms with Gasteiger partial charge in [0.15, 0.2) is 0 Å².